The standard InChI is InChI=1S/C21H27N5O2/c1-5-6-7-10-26-19(27)17-18(23(4)21(26)28)22-20-24(11-12-25(17)20)16-9-8-14(2)15(3)13-16/h8-9,13H,5-7,10-12H2,1-4H3/p+1. The third-order valence-electron chi connectivity index (χ3n) is 5.87. The molecule has 0 fully saturated rings. The molecule has 0 bridgehead atoms. The minimum absolute atomic E-state index is 0.196. The van der Waals surface area contributed by atoms with Crippen LogP contribution in [0.15, 0.2) is 27.8 Å². The number of fused-ring (bicyclic) bond motifs is 3. The minimum Gasteiger partial charge on any atom is -0.267 e. The van der Waals surface area contributed by atoms with E-state index in [2.05, 4.69) is 48.9 Å². The number of anilines is 2. The molecule has 0 amide bonds. The van der Waals surface area contributed by atoms with Crippen LogP contribution in [0.5, 0.6) is 0 Å². The molecule has 0 radical (unpaired) electrons. The maximum Gasteiger partial charge on any atom is 0.364 e. The number of nitrogens with zero attached hydrogens (tertiary/aromatic N) is 4. The summed E-state index contributed by atoms with van der Waals surface area (Å²) in [5.41, 5.74) is 4.30. The van der Waals surface area contributed by atoms with E-state index in [1.54, 1.807) is 11.6 Å². The summed E-state index contributed by atoms with van der Waals surface area (Å²) >= 11 is 0. The number of hydrogen-bond donors (Lipinski definition) is 1. The number of aromatic amines is 1. The van der Waals surface area contributed by atoms with E-state index in [4.69, 9.17) is 0 Å². The molecular formula is C21H28N5O2+. The fourth-order valence-corrected chi connectivity index (χ4v) is 4.02. The highest BCUT2D eigenvalue weighted by Gasteiger charge is 2.35. The Hall–Kier alpha value is -2.83. The molecule has 1 aliphatic rings. The molecule has 0 spiro atoms. The lowest BCUT2D eigenvalue weighted by Crippen LogP contribution is -2.44. The molecule has 0 aliphatic carbocycles. The molecule has 7 heteroatoms. The van der Waals surface area contributed by atoms with Crippen molar-refractivity contribution in [3.05, 3.63) is 50.2 Å². The number of benzene rings is 1. The van der Waals surface area contributed by atoms with Gasteiger partial charge in [-0.05, 0) is 43.5 Å². The van der Waals surface area contributed by atoms with E-state index in [0.717, 1.165) is 37.4 Å². The van der Waals surface area contributed by atoms with Gasteiger partial charge in [0, 0.05) is 13.6 Å². The summed E-state index contributed by atoms with van der Waals surface area (Å²) in [5.74, 6) is 0.858. The van der Waals surface area contributed by atoms with Crippen LogP contribution in [0.4, 0.5) is 11.6 Å². The van der Waals surface area contributed by atoms with E-state index in [1.165, 1.54) is 15.7 Å². The van der Waals surface area contributed by atoms with E-state index < -0.39 is 0 Å². The van der Waals surface area contributed by atoms with Crippen LogP contribution in [0.1, 0.15) is 37.3 Å². The zero-order valence-corrected chi connectivity index (χ0v) is 17.1. The molecule has 0 atom stereocenters. The van der Waals surface area contributed by atoms with Gasteiger partial charge in [-0.2, -0.15) is 0 Å². The first kappa shape index (κ1) is 18.5. The Morgan fingerprint density at radius 1 is 1.14 bits per heavy atom. The Balaban J connectivity index is 1.86. The molecule has 2 aromatic heterocycles. The molecule has 28 heavy (non-hydrogen) atoms. The first-order valence-electron chi connectivity index (χ1n) is 10.0. The summed E-state index contributed by atoms with van der Waals surface area (Å²) in [7, 11) is 1.73. The molecule has 1 aliphatic heterocycles. The Bertz CT molecular complexity index is 1170. The van der Waals surface area contributed by atoms with Crippen molar-refractivity contribution in [2.75, 3.05) is 11.4 Å². The predicted octanol–water partition coefficient (Wildman–Crippen LogP) is 2.27. The average molecular weight is 382 g/mol. The summed E-state index contributed by atoms with van der Waals surface area (Å²) in [6, 6.07) is 6.39. The van der Waals surface area contributed by atoms with Crippen LogP contribution >= 0.6 is 0 Å². The number of rotatable bonds is 5. The van der Waals surface area contributed by atoms with Gasteiger partial charge < -0.3 is 0 Å². The number of hydrogen-bond acceptors (Lipinski definition) is 3. The maximum absolute atomic E-state index is 13.1. The van der Waals surface area contributed by atoms with Gasteiger partial charge in [0.15, 0.2) is 0 Å². The van der Waals surface area contributed by atoms with Gasteiger partial charge in [0.05, 0.1) is 0 Å². The molecule has 0 unspecified atom stereocenters. The molecule has 3 aromatic rings. The van der Waals surface area contributed by atoms with Crippen molar-refractivity contribution >= 4 is 22.8 Å². The first-order valence-corrected chi connectivity index (χ1v) is 10.0. The lowest BCUT2D eigenvalue weighted by atomic mass is 10.1. The van der Waals surface area contributed by atoms with E-state index in [1.807, 2.05) is 4.57 Å². The second-order valence-corrected chi connectivity index (χ2v) is 7.72. The number of imidazole rings is 1. The molecule has 7 nitrogen and oxygen atoms in total. The molecule has 3 heterocycles. The van der Waals surface area contributed by atoms with Gasteiger partial charge in [-0.15, -0.1) is 0 Å². The van der Waals surface area contributed by atoms with Crippen molar-refractivity contribution in [3.8, 4) is 0 Å². The molecule has 1 aromatic carbocycles. The fourth-order valence-electron chi connectivity index (χ4n) is 4.02. The topological polar surface area (TPSA) is 66.9 Å². The van der Waals surface area contributed by atoms with Crippen LogP contribution < -0.4 is 20.7 Å². The quantitative estimate of drug-likeness (QED) is 0.544. The van der Waals surface area contributed by atoms with Crippen LogP contribution in [0, 0.1) is 13.8 Å². The van der Waals surface area contributed by atoms with Gasteiger partial charge in [-0.1, -0.05) is 25.8 Å². The number of H-pyrrole nitrogens is 1. The summed E-state index contributed by atoms with van der Waals surface area (Å²) in [5, 5.41) is 0. The van der Waals surface area contributed by atoms with E-state index >= 15 is 0 Å². The lowest BCUT2D eigenvalue weighted by Gasteiger charge is -2.11. The summed E-state index contributed by atoms with van der Waals surface area (Å²) < 4.78 is 4.97. The van der Waals surface area contributed by atoms with Crippen molar-refractivity contribution in [2.45, 2.75) is 53.1 Å². The Morgan fingerprint density at radius 3 is 2.64 bits per heavy atom. The molecule has 0 saturated carbocycles. The largest absolute Gasteiger partial charge is 0.364 e. The predicted molar refractivity (Wildman–Crippen MR) is 110 cm³/mol. The van der Waals surface area contributed by atoms with Crippen LogP contribution in [-0.4, -0.2) is 20.7 Å². The van der Waals surface area contributed by atoms with Gasteiger partial charge in [0.2, 0.25) is 11.2 Å². The van der Waals surface area contributed by atoms with Crippen LogP contribution in [-0.2, 0) is 20.1 Å². The molecular weight excluding hydrogens is 354 g/mol. The van der Waals surface area contributed by atoms with Crippen LogP contribution in [0.3, 0.4) is 0 Å². The number of aromatic nitrogens is 4. The fraction of sp³-hybridized carbons (Fsp3) is 0.476. The highest BCUT2D eigenvalue weighted by Crippen LogP contribution is 2.27. The lowest BCUT2D eigenvalue weighted by molar-refractivity contribution is -0.644. The van der Waals surface area contributed by atoms with Crippen molar-refractivity contribution < 1.29 is 4.57 Å². The molecule has 0 saturated heterocycles. The maximum atomic E-state index is 13.1. The molecule has 148 valence electrons. The zero-order chi connectivity index (χ0) is 20.0. The van der Waals surface area contributed by atoms with E-state index in [9.17, 15) is 9.59 Å². The number of nitrogens with one attached hydrogen (secondary N) is 1. The van der Waals surface area contributed by atoms with Gasteiger partial charge in [-0.25, -0.2) is 19.2 Å². The monoisotopic (exact) mass is 382 g/mol. The van der Waals surface area contributed by atoms with Crippen molar-refractivity contribution in [2.24, 2.45) is 7.05 Å². The highest BCUT2D eigenvalue weighted by molar-refractivity contribution is 5.71. The van der Waals surface area contributed by atoms with Gasteiger partial charge in [0.1, 0.15) is 18.8 Å². The summed E-state index contributed by atoms with van der Waals surface area (Å²) in [6.45, 7) is 8.29. The Labute approximate surface area is 163 Å². The van der Waals surface area contributed by atoms with Gasteiger partial charge in [-0.3, -0.25) is 13.9 Å². The molecule has 1 N–H and O–H groups in total. The third kappa shape index (κ3) is 2.77. The molecule has 4 rings (SSSR count). The Kier molecular flexibility index (Phi) is 4.61. The second kappa shape index (κ2) is 6.96. The smallest absolute Gasteiger partial charge is 0.267 e. The van der Waals surface area contributed by atoms with Crippen molar-refractivity contribution in [3.63, 3.8) is 0 Å². The van der Waals surface area contributed by atoms with Gasteiger partial charge in [0.25, 0.3) is 5.56 Å². The van der Waals surface area contributed by atoms with E-state index in [-0.39, 0.29) is 11.2 Å². The minimum atomic E-state index is -0.258. The van der Waals surface area contributed by atoms with E-state index in [0.29, 0.717) is 24.3 Å². The van der Waals surface area contributed by atoms with Crippen molar-refractivity contribution in [1.82, 2.24) is 14.1 Å². The van der Waals surface area contributed by atoms with Crippen molar-refractivity contribution in [1.29, 1.82) is 0 Å². The third-order valence-corrected chi connectivity index (χ3v) is 5.87. The first-order chi connectivity index (χ1) is 13.4. The highest BCUT2D eigenvalue weighted by atomic mass is 16.2. The second-order valence-electron chi connectivity index (χ2n) is 7.72. The number of unbranched alkanes of at least 4 members (excludes halogenated alkanes) is 2. The number of aryl methyl sites for hydroxylation is 3. The normalized spacial score (nSPS) is 13.5. The van der Waals surface area contributed by atoms with Crippen LogP contribution in [0.2, 0.25) is 0 Å². The van der Waals surface area contributed by atoms with Crippen LogP contribution in [0.25, 0.3) is 11.2 Å². The Morgan fingerprint density at radius 2 is 1.93 bits per heavy atom. The summed E-state index contributed by atoms with van der Waals surface area (Å²) in [6.07, 6.45) is 2.90. The zero-order valence-electron chi connectivity index (χ0n) is 17.1. The average Bonchev–Trinajstić information content (AvgIpc) is 3.24. The summed E-state index contributed by atoms with van der Waals surface area (Å²) in [4.78, 5) is 31.4. The van der Waals surface area contributed by atoms with Gasteiger partial charge >= 0.3 is 11.6 Å². The SMILES string of the molecule is CCCCCn1c(=O)c2c([nH]c3[n+]2CCN3c2ccc(C)c(C)c2)n(C)c1=O.